The summed E-state index contributed by atoms with van der Waals surface area (Å²) in [6, 6.07) is 2.01. The monoisotopic (exact) mass is 252 g/mol. The van der Waals surface area contributed by atoms with Crippen molar-refractivity contribution in [1.82, 2.24) is 9.78 Å². The molecule has 0 saturated heterocycles. The highest BCUT2D eigenvalue weighted by Crippen LogP contribution is 2.42. The molecule has 0 radical (unpaired) electrons. The first-order valence-electron chi connectivity index (χ1n) is 6.90. The molecule has 1 aromatic heterocycles. The fraction of sp³-hybridized carbons (Fsp3) is 0.786. The Morgan fingerprint density at radius 2 is 2.00 bits per heavy atom. The van der Waals surface area contributed by atoms with Gasteiger partial charge in [0.05, 0.1) is 13.2 Å². The summed E-state index contributed by atoms with van der Waals surface area (Å²) in [4.78, 5) is 0. The fourth-order valence-corrected chi connectivity index (χ4v) is 3.23. The summed E-state index contributed by atoms with van der Waals surface area (Å²) in [5, 5.41) is 23.7. The van der Waals surface area contributed by atoms with Crippen LogP contribution in [-0.4, -0.2) is 33.2 Å². The van der Waals surface area contributed by atoms with Gasteiger partial charge in [-0.2, -0.15) is 5.10 Å². The Bertz CT molecular complexity index is 366. The number of aliphatic hydroxyl groups is 2. The van der Waals surface area contributed by atoms with Crippen molar-refractivity contribution in [3.8, 4) is 0 Å². The smallest absolute Gasteiger partial charge is 0.0512 e. The summed E-state index contributed by atoms with van der Waals surface area (Å²) < 4.78 is 1.87. The van der Waals surface area contributed by atoms with Crippen LogP contribution in [0.15, 0.2) is 12.3 Å². The van der Waals surface area contributed by atoms with Gasteiger partial charge in [0.25, 0.3) is 0 Å². The van der Waals surface area contributed by atoms with E-state index in [0.717, 1.165) is 25.7 Å². The molecule has 1 heterocycles. The van der Waals surface area contributed by atoms with Crippen molar-refractivity contribution < 1.29 is 10.2 Å². The molecule has 1 aliphatic rings. The Hall–Kier alpha value is -0.870. The minimum Gasteiger partial charge on any atom is -0.396 e. The zero-order valence-corrected chi connectivity index (χ0v) is 11.2. The SMILES string of the molecule is Cn1nccc1CCC(CO)(CO)C1CCCC1. The van der Waals surface area contributed by atoms with Gasteiger partial charge in [0, 0.05) is 24.4 Å². The number of hydrogen-bond acceptors (Lipinski definition) is 3. The molecule has 2 rings (SSSR count). The Balaban J connectivity index is 2.03. The lowest BCUT2D eigenvalue weighted by Crippen LogP contribution is -2.37. The molecule has 2 N–H and O–H groups in total. The number of aliphatic hydroxyl groups excluding tert-OH is 2. The highest BCUT2D eigenvalue weighted by molar-refractivity contribution is 5.02. The van der Waals surface area contributed by atoms with Gasteiger partial charge in [-0.3, -0.25) is 4.68 Å². The quantitative estimate of drug-likeness (QED) is 0.807. The van der Waals surface area contributed by atoms with Crippen LogP contribution in [0.5, 0.6) is 0 Å². The normalized spacial score (nSPS) is 17.5. The van der Waals surface area contributed by atoms with Gasteiger partial charge in [0.2, 0.25) is 0 Å². The summed E-state index contributed by atoms with van der Waals surface area (Å²) in [5.41, 5.74) is 0.861. The molecule has 1 saturated carbocycles. The predicted octanol–water partition coefficient (Wildman–Crippen LogP) is 1.51. The van der Waals surface area contributed by atoms with E-state index in [2.05, 4.69) is 5.10 Å². The lowest BCUT2D eigenvalue weighted by atomic mass is 9.72. The standard InChI is InChI=1S/C14H24N2O2/c1-16-13(7-9-15-16)6-8-14(10-17,11-18)12-4-2-3-5-12/h7,9,12,17-18H,2-6,8,10-11H2,1H3. The zero-order valence-electron chi connectivity index (χ0n) is 11.2. The third-order valence-electron chi connectivity index (χ3n) is 4.65. The molecule has 0 aliphatic heterocycles. The van der Waals surface area contributed by atoms with Crippen LogP contribution in [0.25, 0.3) is 0 Å². The first-order chi connectivity index (χ1) is 8.72. The van der Waals surface area contributed by atoms with Crippen LogP contribution in [0.2, 0.25) is 0 Å². The largest absolute Gasteiger partial charge is 0.396 e. The highest BCUT2D eigenvalue weighted by Gasteiger charge is 2.38. The summed E-state index contributed by atoms with van der Waals surface area (Å²) >= 11 is 0. The molecule has 1 fully saturated rings. The minimum atomic E-state index is -0.305. The fourth-order valence-electron chi connectivity index (χ4n) is 3.23. The van der Waals surface area contributed by atoms with E-state index in [1.54, 1.807) is 6.20 Å². The maximum atomic E-state index is 9.75. The molecule has 4 heteroatoms. The summed E-state index contributed by atoms with van der Waals surface area (Å²) in [6.45, 7) is 0.179. The average molecular weight is 252 g/mol. The van der Waals surface area contributed by atoms with Gasteiger partial charge < -0.3 is 10.2 Å². The van der Waals surface area contributed by atoms with E-state index in [4.69, 9.17) is 0 Å². The maximum absolute atomic E-state index is 9.75. The molecular formula is C14H24N2O2. The second-order valence-corrected chi connectivity index (χ2v) is 5.61. The lowest BCUT2D eigenvalue weighted by Gasteiger charge is -2.36. The zero-order chi connectivity index (χ0) is 13.0. The van der Waals surface area contributed by atoms with Crippen molar-refractivity contribution in [3.05, 3.63) is 18.0 Å². The van der Waals surface area contributed by atoms with Crippen LogP contribution in [0.1, 0.15) is 37.8 Å². The van der Waals surface area contributed by atoms with Crippen molar-refractivity contribution in [2.75, 3.05) is 13.2 Å². The van der Waals surface area contributed by atoms with E-state index in [9.17, 15) is 10.2 Å². The van der Waals surface area contributed by atoms with E-state index in [1.165, 1.54) is 18.5 Å². The van der Waals surface area contributed by atoms with Crippen LogP contribution in [0.3, 0.4) is 0 Å². The van der Waals surface area contributed by atoms with Crippen LogP contribution in [-0.2, 0) is 13.5 Å². The van der Waals surface area contributed by atoms with Crippen molar-refractivity contribution in [2.45, 2.75) is 38.5 Å². The molecule has 0 spiro atoms. The molecule has 0 amide bonds. The predicted molar refractivity (Wildman–Crippen MR) is 70.1 cm³/mol. The molecular weight excluding hydrogens is 228 g/mol. The summed E-state index contributed by atoms with van der Waals surface area (Å²) in [6.07, 6.45) is 8.26. The maximum Gasteiger partial charge on any atom is 0.0512 e. The van der Waals surface area contributed by atoms with Gasteiger partial charge in [0.1, 0.15) is 0 Å². The lowest BCUT2D eigenvalue weighted by molar-refractivity contribution is -0.00158. The molecule has 0 atom stereocenters. The Kier molecular flexibility index (Phi) is 4.40. The van der Waals surface area contributed by atoms with Crippen LogP contribution in [0, 0.1) is 11.3 Å². The molecule has 4 nitrogen and oxygen atoms in total. The number of aryl methyl sites for hydroxylation is 2. The van der Waals surface area contributed by atoms with Crippen molar-refractivity contribution in [1.29, 1.82) is 0 Å². The first kappa shape index (κ1) is 13.6. The van der Waals surface area contributed by atoms with Gasteiger partial charge in [0.15, 0.2) is 0 Å². The van der Waals surface area contributed by atoms with Gasteiger partial charge in [-0.1, -0.05) is 12.8 Å². The number of hydrogen-bond donors (Lipinski definition) is 2. The molecule has 102 valence electrons. The highest BCUT2D eigenvalue weighted by atomic mass is 16.3. The van der Waals surface area contributed by atoms with E-state index in [1.807, 2.05) is 17.8 Å². The van der Waals surface area contributed by atoms with Crippen LogP contribution in [0.4, 0.5) is 0 Å². The Labute approximate surface area is 109 Å². The van der Waals surface area contributed by atoms with E-state index < -0.39 is 0 Å². The molecule has 1 aliphatic carbocycles. The van der Waals surface area contributed by atoms with Crippen LogP contribution >= 0.6 is 0 Å². The Morgan fingerprint density at radius 3 is 2.50 bits per heavy atom. The molecule has 18 heavy (non-hydrogen) atoms. The van der Waals surface area contributed by atoms with Crippen molar-refractivity contribution in [3.63, 3.8) is 0 Å². The average Bonchev–Trinajstić information content (AvgIpc) is 3.04. The van der Waals surface area contributed by atoms with Crippen molar-refractivity contribution >= 4 is 0 Å². The molecule has 0 unspecified atom stereocenters. The number of rotatable bonds is 6. The van der Waals surface area contributed by atoms with Gasteiger partial charge >= 0.3 is 0 Å². The first-order valence-corrected chi connectivity index (χ1v) is 6.90. The van der Waals surface area contributed by atoms with E-state index in [0.29, 0.717) is 5.92 Å². The summed E-state index contributed by atoms with van der Waals surface area (Å²) in [7, 11) is 1.93. The minimum absolute atomic E-state index is 0.0893. The van der Waals surface area contributed by atoms with E-state index in [-0.39, 0.29) is 18.6 Å². The van der Waals surface area contributed by atoms with E-state index >= 15 is 0 Å². The Morgan fingerprint density at radius 1 is 1.33 bits per heavy atom. The van der Waals surface area contributed by atoms with Gasteiger partial charge in [-0.05, 0) is 37.7 Å². The molecule has 0 bridgehead atoms. The number of aromatic nitrogens is 2. The van der Waals surface area contributed by atoms with Gasteiger partial charge in [-0.25, -0.2) is 0 Å². The second-order valence-electron chi connectivity index (χ2n) is 5.61. The third-order valence-corrected chi connectivity index (χ3v) is 4.65. The molecule has 0 aromatic carbocycles. The number of nitrogens with zero attached hydrogens (tertiary/aromatic N) is 2. The van der Waals surface area contributed by atoms with Gasteiger partial charge in [-0.15, -0.1) is 0 Å². The third kappa shape index (κ3) is 2.59. The second kappa shape index (κ2) is 5.85. The topological polar surface area (TPSA) is 58.3 Å². The van der Waals surface area contributed by atoms with Crippen LogP contribution < -0.4 is 0 Å². The molecule has 1 aromatic rings. The van der Waals surface area contributed by atoms with Crippen molar-refractivity contribution in [2.24, 2.45) is 18.4 Å². The summed E-state index contributed by atoms with van der Waals surface area (Å²) in [5.74, 6) is 0.473.